The van der Waals surface area contributed by atoms with Crippen molar-refractivity contribution in [3.8, 4) is 5.88 Å². The van der Waals surface area contributed by atoms with Crippen LogP contribution in [0.3, 0.4) is 0 Å². The molecule has 0 radical (unpaired) electrons. The predicted octanol–water partition coefficient (Wildman–Crippen LogP) is 2.23. The number of hydrogen-bond donors (Lipinski definition) is 0. The van der Waals surface area contributed by atoms with Gasteiger partial charge < -0.3 is 4.74 Å². The molecule has 15 heavy (non-hydrogen) atoms. The molecule has 1 heterocycles. The van der Waals surface area contributed by atoms with Crippen molar-refractivity contribution >= 4 is 11.0 Å². The van der Waals surface area contributed by atoms with Gasteiger partial charge in [-0.05, 0) is 6.92 Å². The van der Waals surface area contributed by atoms with Crippen LogP contribution >= 0.6 is 0 Å². The lowest BCUT2D eigenvalue weighted by molar-refractivity contribution is 0.397. The van der Waals surface area contributed by atoms with E-state index < -0.39 is 11.6 Å². The Morgan fingerprint density at radius 3 is 2.60 bits per heavy atom. The molecule has 0 saturated carbocycles. The minimum Gasteiger partial charge on any atom is -0.480 e. The van der Waals surface area contributed by atoms with Gasteiger partial charge in [-0.25, -0.2) is 18.7 Å². The van der Waals surface area contributed by atoms with E-state index >= 15 is 0 Å². The highest BCUT2D eigenvalue weighted by molar-refractivity contribution is 5.78. The number of halogens is 2. The Bertz CT molecular complexity index is 528. The molecule has 0 saturated heterocycles. The molecule has 78 valence electrons. The van der Waals surface area contributed by atoms with E-state index in [1.165, 1.54) is 20.2 Å². The normalized spacial score (nSPS) is 10.7. The molecule has 1 aromatic heterocycles. The van der Waals surface area contributed by atoms with Crippen LogP contribution in [-0.2, 0) is 0 Å². The summed E-state index contributed by atoms with van der Waals surface area (Å²) >= 11 is 0. The molecule has 0 aliphatic carbocycles. The van der Waals surface area contributed by atoms with Crippen molar-refractivity contribution in [3.05, 3.63) is 29.5 Å². The van der Waals surface area contributed by atoms with Crippen molar-refractivity contribution in [2.75, 3.05) is 7.11 Å². The predicted molar refractivity (Wildman–Crippen MR) is 50.7 cm³/mol. The summed E-state index contributed by atoms with van der Waals surface area (Å²) in [5.41, 5.74) is 0.499. The van der Waals surface area contributed by atoms with Gasteiger partial charge in [0.2, 0.25) is 5.88 Å². The highest BCUT2D eigenvalue weighted by Crippen LogP contribution is 2.22. The van der Waals surface area contributed by atoms with Crippen LogP contribution in [0.4, 0.5) is 8.78 Å². The van der Waals surface area contributed by atoms with Gasteiger partial charge in [-0.1, -0.05) is 0 Å². The lowest BCUT2D eigenvalue weighted by Crippen LogP contribution is -1.97. The fraction of sp³-hybridized carbons (Fsp3) is 0.200. The van der Waals surface area contributed by atoms with Gasteiger partial charge in [0, 0.05) is 11.6 Å². The number of methoxy groups -OCH3 is 1. The number of hydrogen-bond acceptors (Lipinski definition) is 3. The summed E-state index contributed by atoms with van der Waals surface area (Å²) in [7, 11) is 1.42. The number of aryl methyl sites for hydroxylation is 1. The maximum absolute atomic E-state index is 13.3. The van der Waals surface area contributed by atoms with E-state index in [-0.39, 0.29) is 22.5 Å². The first-order valence-corrected chi connectivity index (χ1v) is 4.29. The van der Waals surface area contributed by atoms with E-state index in [4.69, 9.17) is 4.74 Å². The number of rotatable bonds is 1. The van der Waals surface area contributed by atoms with E-state index in [0.717, 1.165) is 6.07 Å². The Balaban J connectivity index is 2.85. The zero-order valence-corrected chi connectivity index (χ0v) is 8.21. The Morgan fingerprint density at radius 1 is 1.20 bits per heavy atom. The lowest BCUT2D eigenvalue weighted by Gasteiger charge is -2.05. The Labute approximate surface area is 84.7 Å². The highest BCUT2D eigenvalue weighted by Gasteiger charge is 2.12. The quantitative estimate of drug-likeness (QED) is 0.723. The molecule has 0 amide bonds. The van der Waals surface area contributed by atoms with Crippen LogP contribution < -0.4 is 4.74 Å². The van der Waals surface area contributed by atoms with E-state index in [0.29, 0.717) is 0 Å². The highest BCUT2D eigenvalue weighted by atomic mass is 19.1. The van der Waals surface area contributed by atoms with E-state index in [1.54, 1.807) is 0 Å². The van der Waals surface area contributed by atoms with Crippen LogP contribution in [0, 0.1) is 18.6 Å². The molecule has 3 nitrogen and oxygen atoms in total. The zero-order valence-electron chi connectivity index (χ0n) is 8.21. The average molecular weight is 210 g/mol. The molecule has 0 N–H and O–H groups in total. The monoisotopic (exact) mass is 210 g/mol. The minimum atomic E-state index is -0.719. The molecule has 0 aliphatic heterocycles. The second-order valence-electron chi connectivity index (χ2n) is 3.07. The smallest absolute Gasteiger partial charge is 0.232 e. The molecular formula is C10H8F2N2O. The van der Waals surface area contributed by atoms with Gasteiger partial charge in [-0.3, -0.25) is 0 Å². The zero-order chi connectivity index (χ0) is 11.0. The van der Waals surface area contributed by atoms with Crippen LogP contribution in [-0.4, -0.2) is 17.1 Å². The fourth-order valence-corrected chi connectivity index (χ4v) is 1.31. The fourth-order valence-electron chi connectivity index (χ4n) is 1.31. The van der Waals surface area contributed by atoms with Gasteiger partial charge in [0.1, 0.15) is 16.9 Å². The number of ether oxygens (including phenoxy) is 1. The lowest BCUT2D eigenvalue weighted by atomic mass is 10.2. The van der Waals surface area contributed by atoms with Gasteiger partial charge >= 0.3 is 0 Å². The van der Waals surface area contributed by atoms with Crippen molar-refractivity contribution in [2.24, 2.45) is 0 Å². The van der Waals surface area contributed by atoms with Gasteiger partial charge in [0.15, 0.2) is 5.82 Å². The van der Waals surface area contributed by atoms with Crippen LogP contribution in [0.2, 0.25) is 0 Å². The van der Waals surface area contributed by atoms with Gasteiger partial charge in [0.05, 0.1) is 13.3 Å². The molecule has 2 aromatic rings. The first-order valence-electron chi connectivity index (χ1n) is 4.29. The van der Waals surface area contributed by atoms with Gasteiger partial charge in [-0.15, -0.1) is 0 Å². The Morgan fingerprint density at radius 2 is 1.93 bits per heavy atom. The van der Waals surface area contributed by atoms with Crippen molar-refractivity contribution in [2.45, 2.75) is 6.92 Å². The summed E-state index contributed by atoms with van der Waals surface area (Å²) in [6, 6.07) is 0.804. The SMILES string of the molecule is COc1cnc2c(F)cc(F)c(C)c2n1. The van der Waals surface area contributed by atoms with Crippen LogP contribution in [0.15, 0.2) is 12.3 Å². The van der Waals surface area contributed by atoms with Gasteiger partial charge in [0.25, 0.3) is 0 Å². The summed E-state index contributed by atoms with van der Waals surface area (Å²) in [5, 5.41) is 0. The molecule has 2 rings (SSSR count). The van der Waals surface area contributed by atoms with Crippen LogP contribution in [0.5, 0.6) is 5.88 Å². The van der Waals surface area contributed by atoms with Crippen LogP contribution in [0.1, 0.15) is 5.56 Å². The Hall–Kier alpha value is -1.78. The van der Waals surface area contributed by atoms with E-state index in [2.05, 4.69) is 9.97 Å². The third-order valence-corrected chi connectivity index (χ3v) is 2.15. The molecule has 1 aromatic carbocycles. The van der Waals surface area contributed by atoms with Crippen molar-refractivity contribution in [1.82, 2.24) is 9.97 Å². The molecule has 0 unspecified atom stereocenters. The molecule has 0 fully saturated rings. The number of aromatic nitrogens is 2. The summed E-state index contributed by atoms with van der Waals surface area (Å²) in [6.45, 7) is 1.52. The molecule has 0 spiro atoms. The first kappa shape index (κ1) is 9.76. The van der Waals surface area contributed by atoms with Crippen molar-refractivity contribution < 1.29 is 13.5 Å². The summed E-state index contributed by atoms with van der Waals surface area (Å²) < 4.78 is 31.3. The maximum atomic E-state index is 13.3. The molecular weight excluding hydrogens is 202 g/mol. The topological polar surface area (TPSA) is 35.0 Å². The second-order valence-corrected chi connectivity index (χ2v) is 3.07. The summed E-state index contributed by atoms with van der Waals surface area (Å²) in [6.07, 6.45) is 1.29. The second kappa shape index (κ2) is 3.42. The standard InChI is InChI=1S/C10H8F2N2O/c1-5-6(11)3-7(12)10-9(5)14-8(15-2)4-13-10/h3-4H,1-2H3. The summed E-state index contributed by atoms with van der Waals surface area (Å²) in [5.74, 6) is -1.12. The number of nitrogens with zero attached hydrogens (tertiary/aromatic N) is 2. The third-order valence-electron chi connectivity index (χ3n) is 2.15. The maximum Gasteiger partial charge on any atom is 0.232 e. The molecule has 5 heteroatoms. The first-order chi connectivity index (χ1) is 7.13. The molecule has 0 aliphatic rings. The summed E-state index contributed by atoms with van der Waals surface area (Å²) in [4.78, 5) is 7.77. The van der Waals surface area contributed by atoms with E-state index in [9.17, 15) is 8.78 Å². The van der Waals surface area contributed by atoms with Crippen molar-refractivity contribution in [1.29, 1.82) is 0 Å². The number of benzene rings is 1. The molecule has 0 atom stereocenters. The largest absolute Gasteiger partial charge is 0.480 e. The Kier molecular flexibility index (Phi) is 2.22. The third kappa shape index (κ3) is 1.49. The van der Waals surface area contributed by atoms with E-state index in [1.807, 2.05) is 0 Å². The average Bonchev–Trinajstić information content (AvgIpc) is 2.25. The molecule has 0 bridgehead atoms. The van der Waals surface area contributed by atoms with Crippen molar-refractivity contribution in [3.63, 3.8) is 0 Å². The van der Waals surface area contributed by atoms with Crippen LogP contribution in [0.25, 0.3) is 11.0 Å². The number of fused-ring (bicyclic) bond motifs is 1. The van der Waals surface area contributed by atoms with Gasteiger partial charge in [-0.2, -0.15) is 0 Å². The minimum absolute atomic E-state index is 0.0506.